The van der Waals surface area contributed by atoms with E-state index in [9.17, 15) is 25.0 Å². The molecule has 134 valence electrons. The second-order valence-corrected chi connectivity index (χ2v) is 7.36. The van der Waals surface area contributed by atoms with Crippen LogP contribution in [0, 0.1) is 11.1 Å². The molecule has 3 heterocycles. The number of carbonyl (C=O) groups is 2. The van der Waals surface area contributed by atoms with Crippen LogP contribution in [0.1, 0.15) is 27.2 Å². The van der Waals surface area contributed by atoms with Crippen molar-refractivity contribution < 1.29 is 33.9 Å². The minimum Gasteiger partial charge on any atom is -0.632 e. The first-order valence-corrected chi connectivity index (χ1v) is 8.10. The van der Waals surface area contributed by atoms with Gasteiger partial charge in [0.1, 0.15) is 12.2 Å². The van der Waals surface area contributed by atoms with Gasteiger partial charge in [-0.25, -0.2) is 4.79 Å². The number of hydrogen-bond donors (Lipinski definition) is 2. The Bertz CT molecular complexity index is 612. The van der Waals surface area contributed by atoms with Crippen molar-refractivity contribution >= 4 is 11.9 Å². The zero-order valence-electron chi connectivity index (χ0n) is 14.0. The van der Waals surface area contributed by atoms with Gasteiger partial charge >= 0.3 is 11.9 Å². The fraction of sp³-hybridized carbons (Fsp3) is 0.750. The van der Waals surface area contributed by atoms with Crippen LogP contribution in [0.25, 0.3) is 0 Å². The summed E-state index contributed by atoms with van der Waals surface area (Å²) in [5, 5.41) is 33.9. The smallest absolute Gasteiger partial charge is 0.341 e. The third kappa shape index (κ3) is 2.28. The van der Waals surface area contributed by atoms with Crippen LogP contribution in [0.15, 0.2) is 11.6 Å². The van der Waals surface area contributed by atoms with Crippen molar-refractivity contribution in [3.05, 3.63) is 16.9 Å². The van der Waals surface area contributed by atoms with Gasteiger partial charge in [0.2, 0.25) is 0 Å². The normalized spacial score (nSPS) is 48.9. The summed E-state index contributed by atoms with van der Waals surface area (Å²) >= 11 is 0. The van der Waals surface area contributed by atoms with E-state index in [1.165, 1.54) is 13.8 Å². The van der Waals surface area contributed by atoms with Gasteiger partial charge in [-0.2, -0.15) is 0 Å². The highest BCUT2D eigenvalue weighted by molar-refractivity contribution is 5.83. The van der Waals surface area contributed by atoms with Crippen molar-refractivity contribution in [2.24, 2.45) is 5.92 Å². The third-order valence-corrected chi connectivity index (χ3v) is 5.91. The molecular formula is C16H23NO7. The molecule has 6 atom stereocenters. The second kappa shape index (κ2) is 5.26. The first-order chi connectivity index (χ1) is 11.0. The summed E-state index contributed by atoms with van der Waals surface area (Å²) in [6.07, 6.45) is 1.50. The molecule has 3 rings (SSSR count). The number of hydroxylamine groups is 3. The van der Waals surface area contributed by atoms with Crippen molar-refractivity contribution in [1.29, 1.82) is 0 Å². The molecule has 0 aromatic carbocycles. The summed E-state index contributed by atoms with van der Waals surface area (Å²) in [5.41, 5.74) is -3.79. The first-order valence-electron chi connectivity index (χ1n) is 8.10. The molecule has 0 bridgehead atoms. The number of carbonyl (C=O) groups excluding carboxylic acids is 2. The molecule has 2 N–H and O–H groups in total. The lowest BCUT2D eigenvalue weighted by Crippen LogP contribution is -2.61. The number of nitrogens with zero attached hydrogens (tertiary/aromatic N) is 1. The van der Waals surface area contributed by atoms with Crippen LogP contribution in [0.5, 0.6) is 0 Å². The van der Waals surface area contributed by atoms with Gasteiger partial charge in [-0.05, 0) is 26.8 Å². The number of aliphatic hydroxyl groups is 2. The molecule has 0 spiro atoms. The van der Waals surface area contributed by atoms with Crippen molar-refractivity contribution in [3.63, 3.8) is 0 Å². The van der Waals surface area contributed by atoms with Crippen LogP contribution in [0.3, 0.4) is 0 Å². The van der Waals surface area contributed by atoms with Gasteiger partial charge in [0.05, 0.1) is 19.0 Å². The van der Waals surface area contributed by atoms with E-state index < -0.39 is 45.9 Å². The quantitative estimate of drug-likeness (QED) is 0.267. The molecular weight excluding hydrogens is 318 g/mol. The number of rotatable bonds is 0. The maximum atomic E-state index is 12.8. The lowest BCUT2D eigenvalue weighted by atomic mass is 9.76. The monoisotopic (exact) mass is 341 g/mol. The summed E-state index contributed by atoms with van der Waals surface area (Å²) in [7, 11) is 0. The standard InChI is InChI=1S/C16H23NO7/c1-9-13(18)24-11-5-7-17(22)6-4-10(12(11)17)8-23-14(19)16(3,21)15(9,2)20/h4,9,11-12,20-21H,5-8H2,1-3H3/t9-,11+,12+,15?,16?,17?/m0/s1. The summed E-state index contributed by atoms with van der Waals surface area (Å²) in [4.78, 5) is 24.7. The first kappa shape index (κ1) is 17.3. The van der Waals surface area contributed by atoms with Gasteiger partial charge < -0.3 is 29.5 Å². The van der Waals surface area contributed by atoms with E-state index in [-0.39, 0.29) is 13.2 Å². The van der Waals surface area contributed by atoms with Crippen molar-refractivity contribution in [2.45, 2.75) is 50.5 Å². The van der Waals surface area contributed by atoms with E-state index in [1.807, 2.05) is 0 Å². The van der Waals surface area contributed by atoms with Crippen LogP contribution in [0.2, 0.25) is 0 Å². The number of hydrogen-bond acceptors (Lipinski definition) is 7. The molecule has 0 amide bonds. The van der Waals surface area contributed by atoms with E-state index >= 15 is 0 Å². The Morgan fingerprint density at radius 2 is 2.00 bits per heavy atom. The van der Waals surface area contributed by atoms with E-state index in [2.05, 4.69) is 0 Å². The summed E-state index contributed by atoms with van der Waals surface area (Å²) in [6, 6.07) is -0.595. The zero-order chi connectivity index (χ0) is 17.9. The largest absolute Gasteiger partial charge is 0.632 e. The number of esters is 2. The van der Waals surface area contributed by atoms with Gasteiger partial charge in [-0.3, -0.25) is 4.79 Å². The highest BCUT2D eigenvalue weighted by Crippen LogP contribution is 2.40. The van der Waals surface area contributed by atoms with E-state index in [1.54, 1.807) is 6.08 Å². The highest BCUT2D eigenvalue weighted by atomic mass is 16.6. The molecule has 0 radical (unpaired) electrons. The third-order valence-electron chi connectivity index (χ3n) is 5.91. The molecule has 8 nitrogen and oxygen atoms in total. The zero-order valence-corrected chi connectivity index (χ0v) is 14.0. The van der Waals surface area contributed by atoms with Gasteiger partial charge in [0.25, 0.3) is 0 Å². The predicted molar refractivity (Wildman–Crippen MR) is 81.1 cm³/mol. The summed E-state index contributed by atoms with van der Waals surface area (Å²) in [6.45, 7) is 4.08. The Balaban J connectivity index is 1.99. The molecule has 0 aromatic heterocycles. The van der Waals surface area contributed by atoms with Gasteiger partial charge in [-0.15, -0.1) is 0 Å². The Hall–Kier alpha value is -1.48. The van der Waals surface area contributed by atoms with Crippen LogP contribution >= 0.6 is 0 Å². The summed E-state index contributed by atoms with van der Waals surface area (Å²) in [5.74, 6) is -2.97. The Kier molecular flexibility index (Phi) is 3.80. The van der Waals surface area contributed by atoms with Crippen LogP contribution in [0.4, 0.5) is 0 Å². The Morgan fingerprint density at radius 3 is 2.67 bits per heavy atom. The number of quaternary nitrogens is 1. The number of ether oxygens (including phenoxy) is 2. The minimum absolute atomic E-state index is 0.166. The highest BCUT2D eigenvalue weighted by Gasteiger charge is 2.57. The predicted octanol–water partition coefficient (Wildman–Crippen LogP) is -0.380. The Labute approximate surface area is 139 Å². The maximum absolute atomic E-state index is 12.8. The van der Waals surface area contributed by atoms with E-state index in [4.69, 9.17) is 9.47 Å². The Morgan fingerprint density at radius 1 is 1.33 bits per heavy atom. The molecule has 2 fully saturated rings. The summed E-state index contributed by atoms with van der Waals surface area (Å²) < 4.78 is 10.1. The minimum atomic E-state index is -2.30. The van der Waals surface area contributed by atoms with Crippen molar-refractivity contribution in [1.82, 2.24) is 0 Å². The maximum Gasteiger partial charge on any atom is 0.341 e. The fourth-order valence-corrected chi connectivity index (χ4v) is 3.75. The van der Waals surface area contributed by atoms with Gasteiger partial charge in [-0.1, -0.05) is 0 Å². The average Bonchev–Trinajstić information content (AvgIpc) is 2.99. The molecule has 3 aliphatic heterocycles. The molecule has 0 aliphatic carbocycles. The molecule has 24 heavy (non-hydrogen) atoms. The van der Waals surface area contributed by atoms with E-state index in [0.29, 0.717) is 18.5 Å². The topological polar surface area (TPSA) is 116 Å². The molecule has 3 aliphatic rings. The molecule has 0 aromatic rings. The SMILES string of the molecule is C[C@H]1C(=O)O[C@@H]2CC[N+]3([O-])CC=C(COC(=O)C(C)(O)C1(C)O)[C@H]23. The van der Waals surface area contributed by atoms with Gasteiger partial charge in [0.15, 0.2) is 17.7 Å². The lowest BCUT2D eigenvalue weighted by Gasteiger charge is -2.40. The molecule has 8 heteroatoms. The molecule has 0 saturated carbocycles. The van der Waals surface area contributed by atoms with Crippen molar-refractivity contribution in [3.8, 4) is 0 Å². The molecule has 3 unspecified atom stereocenters. The van der Waals surface area contributed by atoms with Crippen molar-refractivity contribution in [2.75, 3.05) is 19.7 Å². The molecule has 2 saturated heterocycles. The van der Waals surface area contributed by atoms with Crippen LogP contribution in [-0.2, 0) is 19.1 Å². The van der Waals surface area contributed by atoms with Crippen LogP contribution in [-0.4, -0.2) is 69.8 Å². The second-order valence-electron chi connectivity index (χ2n) is 7.36. The van der Waals surface area contributed by atoms with E-state index in [0.717, 1.165) is 6.92 Å². The van der Waals surface area contributed by atoms with Gasteiger partial charge in [0, 0.05) is 12.0 Å². The fourth-order valence-electron chi connectivity index (χ4n) is 3.75. The van der Waals surface area contributed by atoms with Crippen LogP contribution < -0.4 is 0 Å². The average molecular weight is 341 g/mol. The lowest BCUT2D eigenvalue weighted by molar-refractivity contribution is -0.877. The number of cyclic esters (lactones) is 1.